The van der Waals surface area contributed by atoms with E-state index in [-0.39, 0.29) is 19.0 Å². The van der Waals surface area contributed by atoms with E-state index in [4.69, 9.17) is 22.4 Å². The molecule has 0 radical (unpaired) electrons. The number of benzene rings is 1. The van der Waals surface area contributed by atoms with E-state index >= 15 is 0 Å². The summed E-state index contributed by atoms with van der Waals surface area (Å²) in [6, 6.07) is 6.73. The topological polar surface area (TPSA) is 63.3 Å². The minimum atomic E-state index is -0.926. The zero-order chi connectivity index (χ0) is 9.84. The van der Waals surface area contributed by atoms with Gasteiger partial charge in [-0.2, -0.15) is 0 Å². The van der Waals surface area contributed by atoms with Gasteiger partial charge in [0.1, 0.15) is 0 Å². The lowest BCUT2D eigenvalue weighted by molar-refractivity contribution is -0.138. The molecule has 0 saturated heterocycles. The van der Waals surface area contributed by atoms with Gasteiger partial charge in [0, 0.05) is 11.6 Å². The van der Waals surface area contributed by atoms with Crippen LogP contribution in [0.5, 0.6) is 0 Å². The van der Waals surface area contributed by atoms with E-state index in [9.17, 15) is 4.79 Å². The highest BCUT2D eigenvalue weighted by Gasteiger charge is 2.17. The van der Waals surface area contributed by atoms with Crippen LogP contribution in [-0.2, 0) is 4.79 Å². The molecule has 1 unspecified atom stereocenters. The van der Waals surface area contributed by atoms with Crippen LogP contribution >= 0.6 is 24.0 Å². The Bertz CT molecular complexity index is 317. The summed E-state index contributed by atoms with van der Waals surface area (Å²) in [6.07, 6.45) is 0. The molecule has 3 N–H and O–H groups in total. The minimum Gasteiger partial charge on any atom is -0.481 e. The number of halogens is 2. The first-order chi connectivity index (χ1) is 6.15. The monoisotopic (exact) mass is 235 g/mol. The van der Waals surface area contributed by atoms with Gasteiger partial charge in [-0.1, -0.05) is 23.7 Å². The van der Waals surface area contributed by atoms with E-state index in [1.165, 1.54) is 0 Å². The molecule has 5 heteroatoms. The highest BCUT2D eigenvalue weighted by molar-refractivity contribution is 6.30. The van der Waals surface area contributed by atoms with Crippen LogP contribution in [0.1, 0.15) is 11.5 Å². The lowest BCUT2D eigenvalue weighted by Gasteiger charge is -2.09. The van der Waals surface area contributed by atoms with Crippen LogP contribution in [-0.4, -0.2) is 17.6 Å². The Hall–Kier alpha value is -0.770. The molecule has 0 amide bonds. The van der Waals surface area contributed by atoms with Crippen molar-refractivity contribution in [2.75, 3.05) is 6.54 Å². The van der Waals surface area contributed by atoms with Crippen molar-refractivity contribution >= 4 is 30.0 Å². The molecule has 1 aromatic carbocycles. The van der Waals surface area contributed by atoms with Crippen molar-refractivity contribution in [1.82, 2.24) is 0 Å². The summed E-state index contributed by atoms with van der Waals surface area (Å²) in [7, 11) is 0. The summed E-state index contributed by atoms with van der Waals surface area (Å²) < 4.78 is 0. The molecule has 0 aliphatic carbocycles. The van der Waals surface area contributed by atoms with Crippen LogP contribution in [0.15, 0.2) is 24.3 Å². The van der Waals surface area contributed by atoms with Crippen molar-refractivity contribution in [3.05, 3.63) is 34.9 Å². The Morgan fingerprint density at radius 1 is 1.57 bits per heavy atom. The van der Waals surface area contributed by atoms with Crippen molar-refractivity contribution in [3.8, 4) is 0 Å². The molecule has 1 rings (SSSR count). The summed E-state index contributed by atoms with van der Waals surface area (Å²) in [4.78, 5) is 10.7. The summed E-state index contributed by atoms with van der Waals surface area (Å²) in [5.41, 5.74) is 5.97. The van der Waals surface area contributed by atoms with Crippen LogP contribution in [0.25, 0.3) is 0 Å². The van der Waals surface area contributed by atoms with Gasteiger partial charge in [0.2, 0.25) is 0 Å². The zero-order valence-electron chi connectivity index (χ0n) is 7.31. The van der Waals surface area contributed by atoms with E-state index in [2.05, 4.69) is 0 Å². The van der Waals surface area contributed by atoms with Crippen LogP contribution in [0.2, 0.25) is 5.02 Å². The quantitative estimate of drug-likeness (QED) is 0.842. The normalized spacial score (nSPS) is 11.6. The van der Waals surface area contributed by atoms with Crippen molar-refractivity contribution in [3.63, 3.8) is 0 Å². The molecule has 0 spiro atoms. The van der Waals surface area contributed by atoms with Crippen molar-refractivity contribution in [1.29, 1.82) is 0 Å². The molecule has 0 fully saturated rings. The number of carboxylic acid groups (broad SMARTS) is 1. The highest BCUT2D eigenvalue weighted by Crippen LogP contribution is 2.18. The Kier molecular flexibility index (Phi) is 5.53. The van der Waals surface area contributed by atoms with Gasteiger partial charge in [-0.25, -0.2) is 0 Å². The SMILES string of the molecule is Cl.NCC(C(=O)O)c1cccc(Cl)c1. The van der Waals surface area contributed by atoms with Crippen molar-refractivity contribution < 1.29 is 9.90 Å². The summed E-state index contributed by atoms with van der Waals surface area (Å²) in [5, 5.41) is 9.32. The van der Waals surface area contributed by atoms with Gasteiger partial charge in [-0.05, 0) is 17.7 Å². The number of carboxylic acids is 1. The van der Waals surface area contributed by atoms with Crippen LogP contribution in [0.3, 0.4) is 0 Å². The van der Waals surface area contributed by atoms with Gasteiger partial charge in [0.25, 0.3) is 0 Å². The van der Waals surface area contributed by atoms with Crippen LogP contribution in [0, 0.1) is 0 Å². The molecule has 0 heterocycles. The Balaban J connectivity index is 0.00000169. The fraction of sp³-hybridized carbons (Fsp3) is 0.222. The highest BCUT2D eigenvalue weighted by atomic mass is 35.5. The zero-order valence-corrected chi connectivity index (χ0v) is 8.89. The van der Waals surface area contributed by atoms with Crippen LogP contribution in [0.4, 0.5) is 0 Å². The second kappa shape index (κ2) is 5.86. The predicted molar refractivity (Wildman–Crippen MR) is 58.1 cm³/mol. The first kappa shape index (κ1) is 13.2. The predicted octanol–water partition coefficient (Wildman–Crippen LogP) is 1.89. The largest absolute Gasteiger partial charge is 0.481 e. The van der Waals surface area contributed by atoms with Gasteiger partial charge >= 0.3 is 5.97 Å². The van der Waals surface area contributed by atoms with Gasteiger partial charge in [-0.15, -0.1) is 12.4 Å². The van der Waals surface area contributed by atoms with Gasteiger partial charge in [0.05, 0.1) is 5.92 Å². The number of hydrogen-bond donors (Lipinski definition) is 2. The average Bonchev–Trinajstić information content (AvgIpc) is 2.04. The number of carbonyl (C=O) groups is 1. The van der Waals surface area contributed by atoms with Crippen molar-refractivity contribution in [2.24, 2.45) is 5.73 Å². The van der Waals surface area contributed by atoms with E-state index in [0.29, 0.717) is 10.6 Å². The van der Waals surface area contributed by atoms with E-state index < -0.39 is 11.9 Å². The van der Waals surface area contributed by atoms with Crippen LogP contribution < -0.4 is 5.73 Å². The Morgan fingerprint density at radius 3 is 2.64 bits per heavy atom. The average molecular weight is 236 g/mol. The first-order valence-electron chi connectivity index (χ1n) is 3.83. The molecule has 78 valence electrons. The molecule has 0 aliphatic heterocycles. The maximum absolute atomic E-state index is 10.7. The van der Waals surface area contributed by atoms with Crippen molar-refractivity contribution in [2.45, 2.75) is 5.92 Å². The molecule has 3 nitrogen and oxygen atoms in total. The second-order valence-corrected chi connectivity index (χ2v) is 3.12. The van der Waals surface area contributed by atoms with E-state index in [0.717, 1.165) is 0 Å². The second-order valence-electron chi connectivity index (χ2n) is 2.68. The third-order valence-electron chi connectivity index (χ3n) is 1.78. The van der Waals surface area contributed by atoms with Gasteiger partial charge in [0.15, 0.2) is 0 Å². The molecular weight excluding hydrogens is 225 g/mol. The third kappa shape index (κ3) is 3.18. The molecular formula is C9H11Cl2NO2. The smallest absolute Gasteiger partial charge is 0.312 e. The Labute approximate surface area is 93.3 Å². The lowest BCUT2D eigenvalue weighted by Crippen LogP contribution is -2.20. The number of aliphatic carboxylic acids is 1. The number of rotatable bonds is 3. The van der Waals surface area contributed by atoms with Gasteiger partial charge < -0.3 is 10.8 Å². The maximum Gasteiger partial charge on any atom is 0.312 e. The molecule has 1 aromatic rings. The fourth-order valence-electron chi connectivity index (χ4n) is 1.10. The van der Waals surface area contributed by atoms with Gasteiger partial charge in [-0.3, -0.25) is 4.79 Å². The molecule has 14 heavy (non-hydrogen) atoms. The Morgan fingerprint density at radius 2 is 2.21 bits per heavy atom. The molecule has 1 atom stereocenters. The first-order valence-corrected chi connectivity index (χ1v) is 4.21. The summed E-state index contributed by atoms with van der Waals surface area (Å²) in [5.74, 6) is -1.59. The molecule has 0 aliphatic rings. The standard InChI is InChI=1S/C9H10ClNO2.ClH/c10-7-3-1-2-6(4-7)8(5-11)9(12)13;/h1-4,8H,5,11H2,(H,12,13);1H. The fourth-order valence-corrected chi connectivity index (χ4v) is 1.30. The lowest BCUT2D eigenvalue weighted by atomic mass is 10.00. The molecule has 0 aromatic heterocycles. The summed E-state index contributed by atoms with van der Waals surface area (Å²) in [6.45, 7) is 0.0790. The number of nitrogens with two attached hydrogens (primary N) is 1. The molecule has 0 bridgehead atoms. The summed E-state index contributed by atoms with van der Waals surface area (Å²) >= 11 is 5.72. The van der Waals surface area contributed by atoms with E-state index in [1.54, 1.807) is 24.3 Å². The van der Waals surface area contributed by atoms with E-state index in [1.807, 2.05) is 0 Å². The minimum absolute atomic E-state index is 0. The number of hydrogen-bond acceptors (Lipinski definition) is 2. The molecule has 0 saturated carbocycles. The maximum atomic E-state index is 10.7. The third-order valence-corrected chi connectivity index (χ3v) is 2.02.